The van der Waals surface area contributed by atoms with Crippen LogP contribution in [0.5, 0.6) is 0 Å². The summed E-state index contributed by atoms with van der Waals surface area (Å²) < 4.78 is 0. The fourth-order valence-electron chi connectivity index (χ4n) is 2.26. The molecule has 2 rings (SSSR count). The first-order valence-corrected chi connectivity index (χ1v) is 8.20. The van der Waals surface area contributed by atoms with Gasteiger partial charge >= 0.3 is 6.03 Å². The molecule has 1 aromatic carbocycles. The van der Waals surface area contributed by atoms with Crippen molar-refractivity contribution in [2.24, 2.45) is 0 Å². The minimum atomic E-state index is -0.161. The van der Waals surface area contributed by atoms with Gasteiger partial charge in [0.2, 0.25) is 5.91 Å². The molecule has 1 fully saturated rings. The van der Waals surface area contributed by atoms with Crippen LogP contribution in [0.1, 0.15) is 44.2 Å². The third kappa shape index (κ3) is 6.28. The van der Waals surface area contributed by atoms with Crippen molar-refractivity contribution in [3.05, 3.63) is 29.8 Å². The second kappa shape index (κ2) is 8.53. The predicted octanol–water partition coefficient (Wildman–Crippen LogP) is 2.15. The van der Waals surface area contributed by atoms with E-state index in [0.29, 0.717) is 12.5 Å². The largest absolute Gasteiger partial charge is 0.350 e. The third-order valence-corrected chi connectivity index (χ3v) is 3.79. The Kier molecular flexibility index (Phi) is 6.40. The lowest BCUT2D eigenvalue weighted by molar-refractivity contribution is -0.121. The molecule has 1 unspecified atom stereocenters. The number of amides is 3. The normalized spacial score (nSPS) is 14.9. The van der Waals surface area contributed by atoms with Gasteiger partial charge in [-0.2, -0.15) is 0 Å². The Bertz CT molecular complexity index is 526. The van der Waals surface area contributed by atoms with Crippen LogP contribution in [0.3, 0.4) is 0 Å². The van der Waals surface area contributed by atoms with Crippen molar-refractivity contribution in [1.82, 2.24) is 16.0 Å². The van der Waals surface area contributed by atoms with Crippen LogP contribution in [0.4, 0.5) is 10.5 Å². The van der Waals surface area contributed by atoms with E-state index in [-0.39, 0.29) is 18.0 Å². The van der Waals surface area contributed by atoms with E-state index in [2.05, 4.69) is 21.3 Å². The van der Waals surface area contributed by atoms with Crippen LogP contribution in [0.15, 0.2) is 24.3 Å². The zero-order chi connectivity index (χ0) is 16.7. The van der Waals surface area contributed by atoms with Gasteiger partial charge in [0.1, 0.15) is 0 Å². The molecule has 0 aromatic heterocycles. The number of hydrogen-bond donors (Lipinski definition) is 4. The maximum Gasteiger partial charge on any atom is 0.319 e. The van der Waals surface area contributed by atoms with Crippen LogP contribution in [0.25, 0.3) is 0 Å². The SMILES string of the molecule is CNCCCC(=O)NC(C)c1ccc(NC(=O)NC2CC2)cc1. The van der Waals surface area contributed by atoms with Crippen molar-refractivity contribution in [3.63, 3.8) is 0 Å². The van der Waals surface area contributed by atoms with E-state index in [4.69, 9.17) is 0 Å². The molecule has 0 heterocycles. The Morgan fingerprint density at radius 2 is 1.91 bits per heavy atom. The molecule has 0 spiro atoms. The highest BCUT2D eigenvalue weighted by Crippen LogP contribution is 2.19. The van der Waals surface area contributed by atoms with Crippen LogP contribution in [-0.4, -0.2) is 31.6 Å². The van der Waals surface area contributed by atoms with Crippen LogP contribution in [-0.2, 0) is 4.79 Å². The number of hydrogen-bond acceptors (Lipinski definition) is 3. The van der Waals surface area contributed by atoms with Gasteiger partial charge in [-0.3, -0.25) is 4.79 Å². The second-order valence-corrected chi connectivity index (χ2v) is 5.99. The molecule has 3 amide bonds. The van der Waals surface area contributed by atoms with Gasteiger partial charge in [0.15, 0.2) is 0 Å². The number of benzene rings is 1. The van der Waals surface area contributed by atoms with E-state index in [1.807, 2.05) is 38.2 Å². The molecule has 1 aliphatic carbocycles. The molecule has 1 atom stereocenters. The molecular weight excluding hydrogens is 292 g/mol. The van der Waals surface area contributed by atoms with Gasteiger partial charge in [-0.1, -0.05) is 12.1 Å². The summed E-state index contributed by atoms with van der Waals surface area (Å²) in [6, 6.07) is 7.68. The van der Waals surface area contributed by atoms with Crippen LogP contribution in [0.2, 0.25) is 0 Å². The molecule has 1 saturated carbocycles. The number of carbonyl (C=O) groups is 2. The highest BCUT2D eigenvalue weighted by Gasteiger charge is 2.23. The fraction of sp³-hybridized carbons (Fsp3) is 0.529. The molecule has 126 valence electrons. The maximum atomic E-state index is 11.8. The predicted molar refractivity (Wildman–Crippen MR) is 91.3 cm³/mol. The molecule has 6 nitrogen and oxygen atoms in total. The van der Waals surface area contributed by atoms with Gasteiger partial charge < -0.3 is 21.3 Å². The van der Waals surface area contributed by atoms with E-state index in [1.165, 1.54) is 0 Å². The minimum Gasteiger partial charge on any atom is -0.350 e. The van der Waals surface area contributed by atoms with Crippen molar-refractivity contribution in [3.8, 4) is 0 Å². The summed E-state index contributed by atoms with van der Waals surface area (Å²) in [6.45, 7) is 2.79. The Morgan fingerprint density at radius 1 is 1.22 bits per heavy atom. The summed E-state index contributed by atoms with van der Waals surface area (Å²) in [5, 5.41) is 11.7. The van der Waals surface area contributed by atoms with Crippen LogP contribution in [0, 0.1) is 0 Å². The Morgan fingerprint density at radius 3 is 2.52 bits per heavy atom. The van der Waals surface area contributed by atoms with Crippen LogP contribution < -0.4 is 21.3 Å². The Balaban J connectivity index is 1.78. The van der Waals surface area contributed by atoms with Crippen molar-refractivity contribution >= 4 is 17.6 Å². The van der Waals surface area contributed by atoms with E-state index < -0.39 is 0 Å². The molecule has 0 radical (unpaired) electrons. The first-order chi connectivity index (χ1) is 11.1. The summed E-state index contributed by atoms with van der Waals surface area (Å²) in [7, 11) is 1.88. The van der Waals surface area contributed by atoms with E-state index >= 15 is 0 Å². The standard InChI is InChI=1S/C17H26N4O2/c1-12(19-16(22)4-3-11-18-2)13-5-7-14(8-6-13)20-17(23)21-15-9-10-15/h5-8,12,15,18H,3-4,9-11H2,1-2H3,(H,19,22)(H2,20,21,23). The first kappa shape index (κ1) is 17.3. The molecular formula is C17H26N4O2. The molecule has 0 aliphatic heterocycles. The highest BCUT2D eigenvalue weighted by atomic mass is 16.2. The van der Waals surface area contributed by atoms with Crippen LogP contribution >= 0.6 is 0 Å². The number of anilines is 1. The number of urea groups is 1. The van der Waals surface area contributed by atoms with Gasteiger partial charge in [-0.25, -0.2) is 4.79 Å². The number of nitrogens with one attached hydrogen (secondary N) is 4. The molecule has 23 heavy (non-hydrogen) atoms. The molecule has 1 aliphatic rings. The molecule has 4 N–H and O–H groups in total. The lowest BCUT2D eigenvalue weighted by atomic mass is 10.1. The van der Waals surface area contributed by atoms with E-state index in [9.17, 15) is 9.59 Å². The zero-order valence-corrected chi connectivity index (χ0v) is 13.8. The molecule has 0 bridgehead atoms. The lowest BCUT2D eigenvalue weighted by Gasteiger charge is -2.15. The fourth-order valence-corrected chi connectivity index (χ4v) is 2.26. The van der Waals surface area contributed by atoms with E-state index in [1.54, 1.807) is 0 Å². The van der Waals surface area contributed by atoms with E-state index in [0.717, 1.165) is 37.1 Å². The third-order valence-electron chi connectivity index (χ3n) is 3.79. The summed E-state index contributed by atoms with van der Waals surface area (Å²) in [5.41, 5.74) is 1.76. The Hall–Kier alpha value is -2.08. The summed E-state index contributed by atoms with van der Waals surface area (Å²) in [5.74, 6) is 0.0544. The van der Waals surface area contributed by atoms with Gasteiger partial charge in [0.25, 0.3) is 0 Å². The van der Waals surface area contributed by atoms with Gasteiger partial charge in [0, 0.05) is 18.2 Å². The van der Waals surface area contributed by atoms with Crippen molar-refractivity contribution < 1.29 is 9.59 Å². The first-order valence-electron chi connectivity index (χ1n) is 8.20. The summed E-state index contributed by atoms with van der Waals surface area (Å²) in [6.07, 6.45) is 3.48. The van der Waals surface area contributed by atoms with Gasteiger partial charge in [-0.15, -0.1) is 0 Å². The minimum absolute atomic E-state index is 0.0496. The average Bonchev–Trinajstić information content (AvgIpc) is 3.32. The van der Waals surface area contributed by atoms with Crippen molar-refractivity contribution in [1.29, 1.82) is 0 Å². The average molecular weight is 318 g/mol. The van der Waals surface area contributed by atoms with Crippen molar-refractivity contribution in [2.75, 3.05) is 18.9 Å². The second-order valence-electron chi connectivity index (χ2n) is 5.99. The van der Waals surface area contributed by atoms with Gasteiger partial charge in [0.05, 0.1) is 6.04 Å². The lowest BCUT2D eigenvalue weighted by Crippen LogP contribution is -2.30. The number of carbonyl (C=O) groups excluding carboxylic acids is 2. The molecule has 6 heteroatoms. The molecule has 1 aromatic rings. The zero-order valence-electron chi connectivity index (χ0n) is 13.8. The summed E-state index contributed by atoms with van der Waals surface area (Å²) in [4.78, 5) is 23.5. The van der Waals surface area contributed by atoms with Crippen molar-refractivity contribution in [2.45, 2.75) is 44.7 Å². The molecule has 0 saturated heterocycles. The quantitative estimate of drug-likeness (QED) is 0.554. The highest BCUT2D eigenvalue weighted by molar-refractivity contribution is 5.89. The van der Waals surface area contributed by atoms with Gasteiger partial charge in [-0.05, 0) is 57.5 Å². The summed E-state index contributed by atoms with van der Waals surface area (Å²) >= 11 is 0. The monoisotopic (exact) mass is 318 g/mol. The number of rotatable bonds is 8. The Labute approximate surface area is 137 Å². The smallest absolute Gasteiger partial charge is 0.319 e. The topological polar surface area (TPSA) is 82.3 Å². The maximum absolute atomic E-state index is 11.8.